The fourth-order valence-electron chi connectivity index (χ4n) is 3.84. The van der Waals surface area contributed by atoms with Gasteiger partial charge in [0.1, 0.15) is 5.75 Å². The van der Waals surface area contributed by atoms with Crippen molar-refractivity contribution in [1.29, 1.82) is 5.41 Å². The zero-order valence-corrected chi connectivity index (χ0v) is 18.5. The zero-order valence-electron chi connectivity index (χ0n) is 18.5. The van der Waals surface area contributed by atoms with Crippen molar-refractivity contribution in [3.05, 3.63) is 77.1 Å². The molecule has 1 aromatic heterocycles. The number of carbonyl (C=O) groups is 1. The first-order valence-electron chi connectivity index (χ1n) is 10.7. The molecule has 1 aliphatic rings. The lowest BCUT2D eigenvalue weighted by atomic mass is 9.87. The van der Waals surface area contributed by atoms with Gasteiger partial charge in [0.05, 0.1) is 29.2 Å². The smallest absolute Gasteiger partial charge is 0.335 e. The lowest BCUT2D eigenvalue weighted by molar-refractivity contribution is 0.0696. The molecule has 0 saturated carbocycles. The van der Waals surface area contributed by atoms with E-state index in [4.69, 9.17) is 15.1 Å². The number of carboxylic acid groups (broad SMARTS) is 1. The fourth-order valence-corrected chi connectivity index (χ4v) is 3.84. The van der Waals surface area contributed by atoms with E-state index < -0.39 is 5.97 Å². The van der Waals surface area contributed by atoms with E-state index in [1.165, 1.54) is 12.1 Å². The van der Waals surface area contributed by atoms with Gasteiger partial charge in [-0.1, -0.05) is 30.3 Å². The number of ether oxygens (including phenoxy) is 1. The van der Waals surface area contributed by atoms with Crippen LogP contribution in [0.15, 0.2) is 54.7 Å². The number of hydrogen-bond donors (Lipinski definition) is 4. The standard InChI is InChI=1S/C25H25N5O3/c1-3-33-20-13-16(24(31)32)10-12-19(20)29-25-28-14-17-9-11-18(26)21(23(17)30-25)22(27-2)15-7-5-4-6-8-15/h4-8,10,12-14,26-27H,3,9,11H2,1-2H3,(H,31,32)(H,28,29,30)/b22-21+,26-18?. The van der Waals surface area contributed by atoms with Crippen LogP contribution in [-0.4, -0.2) is 40.4 Å². The average Bonchev–Trinajstić information content (AvgIpc) is 2.83. The van der Waals surface area contributed by atoms with Crippen LogP contribution in [0.2, 0.25) is 0 Å². The van der Waals surface area contributed by atoms with Gasteiger partial charge >= 0.3 is 5.97 Å². The van der Waals surface area contributed by atoms with Crippen molar-refractivity contribution in [3.63, 3.8) is 0 Å². The molecule has 0 unspecified atom stereocenters. The van der Waals surface area contributed by atoms with Gasteiger partial charge in [-0.15, -0.1) is 0 Å². The number of rotatable bonds is 7. The molecule has 0 fully saturated rings. The van der Waals surface area contributed by atoms with Crippen LogP contribution >= 0.6 is 0 Å². The van der Waals surface area contributed by atoms with Gasteiger partial charge in [0, 0.05) is 24.5 Å². The molecule has 0 saturated heterocycles. The maximum atomic E-state index is 11.3. The lowest BCUT2D eigenvalue weighted by Crippen LogP contribution is -2.20. The number of hydrogen-bond acceptors (Lipinski definition) is 7. The molecule has 3 aromatic rings. The quantitative estimate of drug-likeness (QED) is 0.428. The molecular formula is C25H25N5O3. The third kappa shape index (κ3) is 4.55. The third-order valence-electron chi connectivity index (χ3n) is 5.38. The number of benzene rings is 2. The summed E-state index contributed by atoms with van der Waals surface area (Å²) in [5.74, 6) is -0.280. The molecule has 0 atom stereocenters. The highest BCUT2D eigenvalue weighted by Gasteiger charge is 2.25. The summed E-state index contributed by atoms with van der Waals surface area (Å²) >= 11 is 0. The number of aryl methyl sites for hydroxylation is 1. The Morgan fingerprint density at radius 2 is 1.94 bits per heavy atom. The number of fused-ring (bicyclic) bond motifs is 1. The van der Waals surface area contributed by atoms with Crippen LogP contribution in [0.3, 0.4) is 0 Å². The van der Waals surface area contributed by atoms with Gasteiger partial charge in [0.15, 0.2) is 0 Å². The molecule has 1 heterocycles. The summed E-state index contributed by atoms with van der Waals surface area (Å²) in [5.41, 5.74) is 5.46. The number of carboxylic acids is 1. The molecule has 168 valence electrons. The molecule has 33 heavy (non-hydrogen) atoms. The van der Waals surface area contributed by atoms with Gasteiger partial charge < -0.3 is 25.9 Å². The largest absolute Gasteiger partial charge is 0.492 e. The molecular weight excluding hydrogens is 418 g/mol. The first-order chi connectivity index (χ1) is 16.0. The first kappa shape index (κ1) is 22.0. The maximum Gasteiger partial charge on any atom is 0.335 e. The van der Waals surface area contributed by atoms with E-state index in [0.29, 0.717) is 48.2 Å². The van der Waals surface area contributed by atoms with Crippen LogP contribution < -0.4 is 15.4 Å². The molecule has 1 aliphatic carbocycles. The van der Waals surface area contributed by atoms with Crippen molar-refractivity contribution in [2.24, 2.45) is 0 Å². The van der Waals surface area contributed by atoms with Crippen molar-refractivity contribution in [3.8, 4) is 5.75 Å². The molecule has 2 aromatic carbocycles. The highest BCUT2D eigenvalue weighted by molar-refractivity contribution is 6.29. The molecule has 0 spiro atoms. The van der Waals surface area contributed by atoms with Crippen LogP contribution in [0.25, 0.3) is 11.3 Å². The summed E-state index contributed by atoms with van der Waals surface area (Å²) in [5, 5.41) is 24.3. The minimum absolute atomic E-state index is 0.135. The SMILES string of the molecule is CCOc1cc(C(=O)O)ccc1Nc1ncc2c(n1)/C(=C(/NC)c1ccccc1)C(=N)CC2. The topological polar surface area (TPSA) is 120 Å². The molecule has 0 bridgehead atoms. The number of nitrogens with zero attached hydrogens (tertiary/aromatic N) is 2. The summed E-state index contributed by atoms with van der Waals surface area (Å²) in [6.07, 6.45) is 3.09. The predicted molar refractivity (Wildman–Crippen MR) is 128 cm³/mol. The molecule has 0 aliphatic heterocycles. The van der Waals surface area contributed by atoms with E-state index in [-0.39, 0.29) is 5.56 Å². The zero-order chi connectivity index (χ0) is 23.4. The van der Waals surface area contributed by atoms with Crippen LogP contribution in [0, 0.1) is 5.41 Å². The van der Waals surface area contributed by atoms with Crippen LogP contribution in [0.5, 0.6) is 5.75 Å². The van der Waals surface area contributed by atoms with E-state index in [2.05, 4.69) is 15.6 Å². The molecule has 4 rings (SSSR count). The number of aromatic carboxylic acids is 1. The third-order valence-corrected chi connectivity index (χ3v) is 5.38. The first-order valence-corrected chi connectivity index (χ1v) is 10.7. The van der Waals surface area contributed by atoms with Crippen LogP contribution in [0.1, 0.15) is 40.5 Å². The highest BCUT2D eigenvalue weighted by Crippen LogP contribution is 2.34. The van der Waals surface area contributed by atoms with Gasteiger partial charge in [0.25, 0.3) is 0 Å². The number of aromatic nitrogens is 2. The van der Waals surface area contributed by atoms with Crippen molar-refractivity contribution in [1.82, 2.24) is 15.3 Å². The Hall–Kier alpha value is -4.20. The highest BCUT2D eigenvalue weighted by atomic mass is 16.5. The second kappa shape index (κ2) is 9.52. The van der Waals surface area contributed by atoms with Gasteiger partial charge in [-0.3, -0.25) is 0 Å². The Morgan fingerprint density at radius 1 is 1.15 bits per heavy atom. The Morgan fingerprint density at radius 3 is 2.64 bits per heavy atom. The van der Waals surface area contributed by atoms with E-state index in [9.17, 15) is 9.90 Å². The molecule has 8 heteroatoms. The van der Waals surface area contributed by atoms with Gasteiger partial charge in [0.2, 0.25) is 5.95 Å². The molecule has 8 nitrogen and oxygen atoms in total. The normalized spacial score (nSPS) is 14.3. The van der Waals surface area contributed by atoms with Crippen molar-refractivity contribution in [2.75, 3.05) is 19.0 Å². The van der Waals surface area contributed by atoms with E-state index in [0.717, 1.165) is 22.4 Å². The predicted octanol–water partition coefficient (Wildman–Crippen LogP) is 4.37. The van der Waals surface area contributed by atoms with Gasteiger partial charge in [-0.25, -0.2) is 14.8 Å². The fraction of sp³-hybridized carbons (Fsp3) is 0.200. The minimum atomic E-state index is -1.03. The lowest BCUT2D eigenvalue weighted by Gasteiger charge is -2.23. The summed E-state index contributed by atoms with van der Waals surface area (Å²) in [6.45, 7) is 2.22. The Balaban J connectivity index is 1.78. The summed E-state index contributed by atoms with van der Waals surface area (Å²) in [6, 6.07) is 14.5. The second-order valence-electron chi connectivity index (χ2n) is 7.49. The van der Waals surface area contributed by atoms with Crippen LogP contribution in [0.4, 0.5) is 11.6 Å². The van der Waals surface area contributed by atoms with E-state index >= 15 is 0 Å². The Bertz CT molecular complexity index is 1240. The van der Waals surface area contributed by atoms with E-state index in [1.54, 1.807) is 12.3 Å². The maximum absolute atomic E-state index is 11.3. The van der Waals surface area contributed by atoms with Gasteiger partial charge in [-0.05, 0) is 49.1 Å². The van der Waals surface area contributed by atoms with E-state index in [1.807, 2.05) is 44.3 Å². The minimum Gasteiger partial charge on any atom is -0.492 e. The van der Waals surface area contributed by atoms with Crippen LogP contribution in [-0.2, 0) is 6.42 Å². The molecule has 0 amide bonds. The average molecular weight is 444 g/mol. The molecule has 4 N–H and O–H groups in total. The Labute approximate surface area is 191 Å². The van der Waals surface area contributed by atoms with Crippen molar-refractivity contribution >= 4 is 34.6 Å². The van der Waals surface area contributed by atoms with Crippen molar-refractivity contribution in [2.45, 2.75) is 19.8 Å². The molecule has 0 radical (unpaired) electrons. The van der Waals surface area contributed by atoms with Crippen molar-refractivity contribution < 1.29 is 14.6 Å². The number of nitrogens with one attached hydrogen (secondary N) is 3. The monoisotopic (exact) mass is 443 g/mol. The second-order valence-corrected chi connectivity index (χ2v) is 7.49. The number of allylic oxidation sites excluding steroid dienone is 1. The summed E-state index contributed by atoms with van der Waals surface area (Å²) in [4.78, 5) is 20.5. The van der Waals surface area contributed by atoms with Gasteiger partial charge in [-0.2, -0.15) is 0 Å². The summed E-state index contributed by atoms with van der Waals surface area (Å²) in [7, 11) is 1.84. The Kier molecular flexibility index (Phi) is 6.35. The summed E-state index contributed by atoms with van der Waals surface area (Å²) < 4.78 is 5.63. The number of anilines is 2.